The fraction of sp³-hybridized carbons (Fsp3) is 0.333. The van der Waals surface area contributed by atoms with Gasteiger partial charge in [0, 0.05) is 32.4 Å². The Morgan fingerprint density at radius 3 is 2.24 bits per heavy atom. The molecular formula is C18H24Cl2N4O. The Morgan fingerprint density at radius 1 is 1.04 bits per heavy atom. The summed E-state index contributed by atoms with van der Waals surface area (Å²) in [5.74, 6) is 0.956. The van der Waals surface area contributed by atoms with Gasteiger partial charge in [-0.1, -0.05) is 35.9 Å². The molecule has 1 aliphatic rings. The summed E-state index contributed by atoms with van der Waals surface area (Å²) in [6.45, 7) is 4.94. The topological polar surface area (TPSA) is 62.5 Å². The zero-order chi connectivity index (χ0) is 16.2. The number of anilines is 1. The van der Waals surface area contributed by atoms with Gasteiger partial charge in [0.05, 0.1) is 0 Å². The number of piperazine rings is 1. The van der Waals surface area contributed by atoms with Crippen LogP contribution in [0.15, 0.2) is 48.7 Å². The van der Waals surface area contributed by atoms with E-state index in [1.807, 2.05) is 54.3 Å². The molecule has 1 amide bonds. The molecule has 1 fully saturated rings. The number of carbonyl (C=O) groups excluding carboxylic acids is 1. The maximum atomic E-state index is 12.6. The summed E-state index contributed by atoms with van der Waals surface area (Å²) in [5, 5.41) is 0. The minimum absolute atomic E-state index is 0. The summed E-state index contributed by atoms with van der Waals surface area (Å²) < 4.78 is 0. The highest BCUT2D eigenvalue weighted by atomic mass is 35.5. The molecule has 2 aromatic rings. The Morgan fingerprint density at radius 2 is 1.68 bits per heavy atom. The van der Waals surface area contributed by atoms with E-state index in [0.29, 0.717) is 13.1 Å². The molecule has 25 heavy (non-hydrogen) atoms. The zero-order valence-electron chi connectivity index (χ0n) is 14.2. The molecule has 7 heteroatoms. The van der Waals surface area contributed by atoms with Gasteiger partial charge in [0.25, 0.3) is 0 Å². The number of aromatic nitrogens is 1. The highest BCUT2D eigenvalue weighted by Gasteiger charge is 2.26. The molecule has 0 saturated carbocycles. The third kappa shape index (κ3) is 5.08. The van der Waals surface area contributed by atoms with E-state index in [4.69, 9.17) is 5.73 Å². The Hall–Kier alpha value is -1.82. The van der Waals surface area contributed by atoms with Crippen LogP contribution >= 0.6 is 24.8 Å². The average Bonchev–Trinajstić information content (AvgIpc) is 2.62. The van der Waals surface area contributed by atoms with Crippen LogP contribution in [0.25, 0.3) is 0 Å². The van der Waals surface area contributed by atoms with Gasteiger partial charge in [-0.2, -0.15) is 0 Å². The number of carbonyl (C=O) groups is 1. The van der Waals surface area contributed by atoms with E-state index in [2.05, 4.69) is 9.88 Å². The van der Waals surface area contributed by atoms with Crippen LogP contribution in [-0.4, -0.2) is 42.0 Å². The molecule has 1 aromatic heterocycles. The molecule has 3 rings (SSSR count). The van der Waals surface area contributed by atoms with E-state index in [0.717, 1.165) is 30.0 Å². The fourth-order valence-corrected chi connectivity index (χ4v) is 2.81. The first kappa shape index (κ1) is 21.2. The maximum Gasteiger partial charge on any atom is 0.244 e. The molecule has 1 aromatic carbocycles. The number of nitrogens with two attached hydrogens (primary N) is 1. The summed E-state index contributed by atoms with van der Waals surface area (Å²) in [7, 11) is 0. The minimum atomic E-state index is -0.586. The molecule has 1 saturated heterocycles. The maximum absolute atomic E-state index is 12.6. The van der Waals surface area contributed by atoms with E-state index in [-0.39, 0.29) is 30.7 Å². The number of amides is 1. The average molecular weight is 383 g/mol. The monoisotopic (exact) mass is 382 g/mol. The first-order chi connectivity index (χ1) is 11.1. The van der Waals surface area contributed by atoms with Crippen molar-refractivity contribution >= 4 is 36.5 Å². The minimum Gasteiger partial charge on any atom is -0.353 e. The van der Waals surface area contributed by atoms with Gasteiger partial charge in [-0.3, -0.25) is 4.79 Å². The van der Waals surface area contributed by atoms with E-state index >= 15 is 0 Å². The van der Waals surface area contributed by atoms with Crippen molar-refractivity contribution in [2.24, 2.45) is 5.73 Å². The van der Waals surface area contributed by atoms with Crippen molar-refractivity contribution in [1.29, 1.82) is 0 Å². The second-order valence-corrected chi connectivity index (χ2v) is 5.89. The lowest BCUT2D eigenvalue weighted by molar-refractivity contribution is -0.133. The number of aryl methyl sites for hydroxylation is 1. The first-order valence-electron chi connectivity index (χ1n) is 7.92. The Kier molecular flexibility index (Phi) is 8.16. The van der Waals surface area contributed by atoms with Crippen molar-refractivity contribution in [2.75, 3.05) is 31.1 Å². The standard InChI is InChI=1S/C18H22N4O.2ClH/c1-14-5-7-15(8-6-14)17(19)18(23)22-12-10-21(11-13-22)16-4-2-3-9-20-16;;/h2-9,17H,10-13,19H2,1H3;2*1H. The highest BCUT2D eigenvalue weighted by Crippen LogP contribution is 2.17. The van der Waals surface area contributed by atoms with Crippen LogP contribution in [0.4, 0.5) is 5.82 Å². The summed E-state index contributed by atoms with van der Waals surface area (Å²) in [4.78, 5) is 21.0. The summed E-state index contributed by atoms with van der Waals surface area (Å²) in [5.41, 5.74) is 8.18. The molecule has 0 spiro atoms. The van der Waals surface area contributed by atoms with Crippen molar-refractivity contribution in [2.45, 2.75) is 13.0 Å². The number of benzene rings is 1. The predicted octanol–water partition coefficient (Wildman–Crippen LogP) is 2.58. The number of hydrogen-bond acceptors (Lipinski definition) is 4. The third-order valence-corrected chi connectivity index (χ3v) is 4.27. The molecule has 2 heterocycles. The van der Waals surface area contributed by atoms with Crippen LogP contribution in [0.3, 0.4) is 0 Å². The predicted molar refractivity (Wildman–Crippen MR) is 106 cm³/mol. The van der Waals surface area contributed by atoms with Gasteiger partial charge >= 0.3 is 0 Å². The summed E-state index contributed by atoms with van der Waals surface area (Å²) in [6.07, 6.45) is 1.79. The van der Waals surface area contributed by atoms with Crippen LogP contribution < -0.4 is 10.6 Å². The number of halogens is 2. The van der Waals surface area contributed by atoms with E-state index in [1.54, 1.807) is 6.20 Å². The molecule has 5 nitrogen and oxygen atoms in total. The molecule has 1 atom stereocenters. The number of pyridine rings is 1. The van der Waals surface area contributed by atoms with Gasteiger partial charge in [0.1, 0.15) is 11.9 Å². The summed E-state index contributed by atoms with van der Waals surface area (Å²) >= 11 is 0. The van der Waals surface area contributed by atoms with Gasteiger partial charge in [-0.15, -0.1) is 24.8 Å². The van der Waals surface area contributed by atoms with Crippen LogP contribution in [0.2, 0.25) is 0 Å². The lowest BCUT2D eigenvalue weighted by Crippen LogP contribution is -2.51. The second kappa shape index (κ2) is 9.61. The Bertz CT molecular complexity index is 659. The lowest BCUT2D eigenvalue weighted by atomic mass is 10.0. The van der Waals surface area contributed by atoms with Crippen LogP contribution in [-0.2, 0) is 4.79 Å². The highest BCUT2D eigenvalue weighted by molar-refractivity contribution is 5.85. The molecule has 1 aliphatic heterocycles. The van der Waals surface area contributed by atoms with E-state index < -0.39 is 6.04 Å². The Balaban J connectivity index is 0.00000156. The second-order valence-electron chi connectivity index (χ2n) is 5.89. The normalized spacial score (nSPS) is 15.0. The van der Waals surface area contributed by atoms with Crippen molar-refractivity contribution < 1.29 is 4.79 Å². The van der Waals surface area contributed by atoms with Crippen molar-refractivity contribution in [3.05, 3.63) is 59.8 Å². The van der Waals surface area contributed by atoms with Gasteiger partial charge in [-0.25, -0.2) is 4.98 Å². The Labute approximate surface area is 161 Å². The van der Waals surface area contributed by atoms with E-state index in [1.165, 1.54) is 0 Å². The van der Waals surface area contributed by atoms with Gasteiger partial charge < -0.3 is 15.5 Å². The smallest absolute Gasteiger partial charge is 0.244 e. The van der Waals surface area contributed by atoms with Crippen molar-refractivity contribution in [3.8, 4) is 0 Å². The molecule has 2 N–H and O–H groups in total. The molecular weight excluding hydrogens is 359 g/mol. The largest absolute Gasteiger partial charge is 0.353 e. The number of rotatable bonds is 3. The van der Waals surface area contributed by atoms with Gasteiger partial charge in [0.15, 0.2) is 0 Å². The number of nitrogens with zero attached hydrogens (tertiary/aromatic N) is 3. The molecule has 1 unspecified atom stereocenters. The van der Waals surface area contributed by atoms with E-state index in [9.17, 15) is 4.79 Å². The third-order valence-electron chi connectivity index (χ3n) is 4.27. The van der Waals surface area contributed by atoms with Gasteiger partial charge in [-0.05, 0) is 24.6 Å². The fourth-order valence-electron chi connectivity index (χ4n) is 2.81. The van der Waals surface area contributed by atoms with Crippen molar-refractivity contribution in [3.63, 3.8) is 0 Å². The molecule has 0 bridgehead atoms. The molecule has 136 valence electrons. The summed E-state index contributed by atoms with van der Waals surface area (Å²) in [6, 6.07) is 13.1. The number of hydrogen-bond donors (Lipinski definition) is 1. The van der Waals surface area contributed by atoms with Crippen LogP contribution in [0.1, 0.15) is 17.2 Å². The van der Waals surface area contributed by atoms with Gasteiger partial charge in [0.2, 0.25) is 5.91 Å². The molecule has 0 radical (unpaired) electrons. The SMILES string of the molecule is Cc1ccc(C(N)C(=O)N2CCN(c3ccccn3)CC2)cc1.Cl.Cl. The van der Waals surface area contributed by atoms with Crippen molar-refractivity contribution in [1.82, 2.24) is 9.88 Å². The lowest BCUT2D eigenvalue weighted by Gasteiger charge is -2.36. The van der Waals surface area contributed by atoms with Crippen LogP contribution in [0.5, 0.6) is 0 Å². The zero-order valence-corrected chi connectivity index (χ0v) is 15.8. The quantitative estimate of drug-likeness (QED) is 0.885. The molecule has 0 aliphatic carbocycles. The van der Waals surface area contributed by atoms with Crippen LogP contribution in [0, 0.1) is 6.92 Å². The first-order valence-corrected chi connectivity index (χ1v) is 7.92.